The Labute approximate surface area is 193 Å². The third kappa shape index (κ3) is 11.0. The fraction of sp³-hybridized carbons (Fsp3) is 0.630. The van der Waals surface area contributed by atoms with Gasteiger partial charge >= 0.3 is 193 Å². The van der Waals surface area contributed by atoms with Gasteiger partial charge in [-0.1, -0.05) is 0 Å². The van der Waals surface area contributed by atoms with Gasteiger partial charge in [-0.25, -0.2) is 0 Å². The molecule has 0 aliphatic rings. The van der Waals surface area contributed by atoms with Crippen LogP contribution in [-0.4, -0.2) is 18.4 Å². The molecule has 1 aromatic rings. The van der Waals surface area contributed by atoms with Crippen molar-refractivity contribution in [1.29, 1.82) is 0 Å². The first-order valence-electron chi connectivity index (χ1n) is 12.2. The first kappa shape index (κ1) is 28.1. The van der Waals surface area contributed by atoms with Gasteiger partial charge in [0.25, 0.3) is 0 Å². The van der Waals surface area contributed by atoms with Gasteiger partial charge in [-0.2, -0.15) is 0 Å². The van der Waals surface area contributed by atoms with E-state index in [2.05, 4.69) is 43.6 Å². The monoisotopic (exact) mass is 542 g/mol. The topological polar surface area (TPSA) is 0 Å². The van der Waals surface area contributed by atoms with Crippen molar-refractivity contribution in [3.63, 3.8) is 0 Å². The molecule has 0 atom stereocenters. The van der Waals surface area contributed by atoms with Crippen molar-refractivity contribution in [2.24, 2.45) is 0 Å². The van der Waals surface area contributed by atoms with Gasteiger partial charge in [-0.3, -0.25) is 0 Å². The molecule has 0 aliphatic heterocycles. The van der Waals surface area contributed by atoms with Crippen LogP contribution in [0.2, 0.25) is 13.3 Å². The van der Waals surface area contributed by atoms with Gasteiger partial charge in [-0.15, -0.1) is 0 Å². The average Bonchev–Trinajstić information content (AvgIpc) is 2.76. The quantitative estimate of drug-likeness (QED) is 0.172. The molecule has 4 heteroatoms. The zero-order valence-electron chi connectivity index (χ0n) is 20.0. The third-order valence-electron chi connectivity index (χ3n) is 5.94. The van der Waals surface area contributed by atoms with Crippen LogP contribution in [0.5, 0.6) is 0 Å². The van der Waals surface area contributed by atoms with Crippen LogP contribution < -0.4 is 0 Å². The Morgan fingerprint density at radius 2 is 1.29 bits per heavy atom. The molecule has 0 unspecified atom stereocenters. The second-order valence-corrected chi connectivity index (χ2v) is 21.7. The molecule has 0 spiro atoms. The third-order valence-corrected chi connectivity index (χ3v) is 20.2. The van der Waals surface area contributed by atoms with Gasteiger partial charge in [0.2, 0.25) is 0 Å². The van der Waals surface area contributed by atoms with E-state index in [0.29, 0.717) is 5.56 Å². The van der Waals surface area contributed by atoms with E-state index in [1.54, 1.807) is 0 Å². The molecule has 31 heavy (non-hydrogen) atoms. The molecule has 0 aliphatic carbocycles. The van der Waals surface area contributed by atoms with Crippen LogP contribution in [0.3, 0.4) is 0 Å². The average molecular weight is 541 g/mol. The molecule has 0 amide bonds. The van der Waals surface area contributed by atoms with Gasteiger partial charge in [0, 0.05) is 0 Å². The van der Waals surface area contributed by atoms with Gasteiger partial charge in [-0.05, 0) is 0 Å². The summed E-state index contributed by atoms with van der Waals surface area (Å²) in [4.78, 5) is 0. The number of unbranched alkanes of at least 4 members (excludes halogenated alkanes) is 4. The molecule has 0 heterocycles. The molecule has 0 saturated heterocycles. The number of rotatable bonds is 13. The summed E-state index contributed by atoms with van der Waals surface area (Å²) in [6.45, 7) is 9.04. The fourth-order valence-electron chi connectivity index (χ4n) is 3.98. The molecule has 174 valence electrons. The van der Waals surface area contributed by atoms with E-state index in [9.17, 15) is 13.2 Å². The van der Waals surface area contributed by atoms with Crippen molar-refractivity contribution in [2.45, 2.75) is 105 Å². The van der Waals surface area contributed by atoms with E-state index in [-0.39, 0.29) is 0 Å². The fourth-order valence-corrected chi connectivity index (χ4v) is 19.1. The van der Waals surface area contributed by atoms with E-state index in [1.807, 2.05) is 0 Å². The Bertz CT molecular complexity index is 683. The number of hydrogen-bond donors (Lipinski definition) is 0. The summed E-state index contributed by atoms with van der Waals surface area (Å²) < 4.78 is 45.4. The van der Waals surface area contributed by atoms with Crippen LogP contribution in [0.1, 0.15) is 96.6 Å². The minimum atomic E-state index is -4.30. The summed E-state index contributed by atoms with van der Waals surface area (Å²) in [5.74, 6) is 6.57. The molecule has 0 fully saturated rings. The molecule has 0 radical (unpaired) electrons. The summed E-state index contributed by atoms with van der Waals surface area (Å²) >= 11 is -2.45. The van der Waals surface area contributed by atoms with Crippen molar-refractivity contribution >= 4 is 18.4 Å². The van der Waals surface area contributed by atoms with Gasteiger partial charge < -0.3 is 0 Å². The molecule has 0 N–H and O–H groups in total. The number of allylic oxidation sites excluding steroid dienone is 1. The molecule has 1 rings (SSSR count). The van der Waals surface area contributed by atoms with Crippen molar-refractivity contribution in [3.05, 3.63) is 45.1 Å². The first-order chi connectivity index (χ1) is 14.8. The van der Waals surface area contributed by atoms with Crippen LogP contribution in [0.15, 0.2) is 33.9 Å². The first-order valence-corrected chi connectivity index (χ1v) is 19.9. The zero-order chi connectivity index (χ0) is 23.2. The van der Waals surface area contributed by atoms with E-state index < -0.39 is 30.1 Å². The summed E-state index contributed by atoms with van der Waals surface area (Å²) in [6, 6.07) is 5.25. The van der Waals surface area contributed by atoms with Gasteiger partial charge in [0.15, 0.2) is 0 Å². The van der Waals surface area contributed by atoms with Crippen LogP contribution >= 0.6 is 0 Å². The molecule has 0 nitrogen and oxygen atoms in total. The number of benzene rings is 1. The normalized spacial score (nSPS) is 12.5. The SMILES string of the molecule is CCCC/C(C#Cc1ccc(C(F)(F)F)cc1)=[CH]\[Sn]([CH2]CCC)([CH2]CCC)[CH2]CCC. The molecule has 0 bridgehead atoms. The molecule has 0 aromatic heterocycles. The standard InChI is InChI=1S/C15H14F3.3C4H9.Sn/c1-3-4-5-12(2)6-7-13-8-10-14(11-9-13)15(16,17)18;3*1-3-4-2;/h2,8-11H,3-5H2,1H3;3*1,3-4H2,2H3;. The van der Waals surface area contributed by atoms with E-state index in [1.165, 1.54) is 69.5 Å². The van der Waals surface area contributed by atoms with E-state index in [4.69, 9.17) is 0 Å². The van der Waals surface area contributed by atoms with Crippen LogP contribution in [0, 0.1) is 11.8 Å². The second-order valence-electron chi connectivity index (χ2n) is 8.77. The molecular weight excluding hydrogens is 500 g/mol. The summed E-state index contributed by atoms with van der Waals surface area (Å²) in [7, 11) is 0. The molecular formula is C27H41F3Sn. The molecule has 1 aromatic carbocycles. The number of alkyl halides is 3. The summed E-state index contributed by atoms with van der Waals surface area (Å²) in [5, 5.41) is 0. The van der Waals surface area contributed by atoms with Crippen molar-refractivity contribution in [1.82, 2.24) is 0 Å². The van der Waals surface area contributed by atoms with Gasteiger partial charge in [0.05, 0.1) is 0 Å². The summed E-state index contributed by atoms with van der Waals surface area (Å²) in [5.41, 5.74) is 1.29. The van der Waals surface area contributed by atoms with Crippen LogP contribution in [0.4, 0.5) is 13.2 Å². The number of hydrogen-bond acceptors (Lipinski definition) is 0. The second kappa shape index (κ2) is 15.0. The Hall–Kier alpha value is -0.891. The van der Waals surface area contributed by atoms with E-state index >= 15 is 0 Å². The van der Waals surface area contributed by atoms with Gasteiger partial charge in [0.1, 0.15) is 0 Å². The maximum absolute atomic E-state index is 12.8. The Balaban J connectivity index is 3.26. The number of halogens is 3. The predicted molar refractivity (Wildman–Crippen MR) is 131 cm³/mol. The van der Waals surface area contributed by atoms with E-state index in [0.717, 1.165) is 31.4 Å². The zero-order valence-corrected chi connectivity index (χ0v) is 22.9. The Kier molecular flexibility index (Phi) is 13.7. The van der Waals surface area contributed by atoms with Crippen molar-refractivity contribution < 1.29 is 13.2 Å². The van der Waals surface area contributed by atoms with Crippen molar-refractivity contribution in [3.8, 4) is 11.8 Å². The summed E-state index contributed by atoms with van der Waals surface area (Å²) in [6.07, 6.45) is 6.60. The molecule has 0 saturated carbocycles. The Morgan fingerprint density at radius 1 is 0.806 bits per heavy atom. The van der Waals surface area contributed by atoms with Crippen LogP contribution in [0.25, 0.3) is 0 Å². The Morgan fingerprint density at radius 3 is 1.71 bits per heavy atom. The van der Waals surface area contributed by atoms with Crippen LogP contribution in [-0.2, 0) is 6.18 Å². The minimum absolute atomic E-state index is 0.617. The maximum atomic E-state index is 12.8. The van der Waals surface area contributed by atoms with Crippen molar-refractivity contribution in [2.75, 3.05) is 0 Å². The predicted octanol–water partition coefficient (Wildman–Crippen LogP) is 9.56.